The summed E-state index contributed by atoms with van der Waals surface area (Å²) in [5.41, 5.74) is 2.63. The minimum absolute atomic E-state index is 0.00205. The predicted molar refractivity (Wildman–Crippen MR) is 91.7 cm³/mol. The van der Waals surface area contributed by atoms with E-state index in [1.165, 1.54) is 22.5 Å². The summed E-state index contributed by atoms with van der Waals surface area (Å²) in [6.07, 6.45) is 3.72. The molecular formula is C17H21N3O2S. The third kappa shape index (κ3) is 3.44. The lowest BCUT2D eigenvalue weighted by molar-refractivity contribution is -0.120. The number of anilines is 1. The van der Waals surface area contributed by atoms with Crippen LogP contribution < -0.4 is 4.90 Å². The van der Waals surface area contributed by atoms with E-state index in [0.29, 0.717) is 11.7 Å². The predicted octanol–water partition coefficient (Wildman–Crippen LogP) is 2.09. The molecule has 122 valence electrons. The summed E-state index contributed by atoms with van der Waals surface area (Å²) in [5, 5.41) is 12.0. The Kier molecular flexibility index (Phi) is 5.05. The minimum atomic E-state index is -0.00205. The smallest absolute Gasteiger partial charge is 0.242 e. The number of amides is 1. The lowest BCUT2D eigenvalue weighted by Gasteiger charge is -2.29. The molecule has 6 heteroatoms. The highest BCUT2D eigenvalue weighted by molar-refractivity contribution is 7.13. The highest BCUT2D eigenvalue weighted by Crippen LogP contribution is 2.35. The minimum Gasteiger partial charge on any atom is -0.395 e. The SMILES string of the molecule is CN(C(=O)CN(CCO)C1CCc2ccccc21)c1nccs1. The van der Waals surface area contributed by atoms with Crippen LogP contribution >= 0.6 is 11.3 Å². The van der Waals surface area contributed by atoms with E-state index in [1.54, 1.807) is 18.1 Å². The molecule has 1 unspecified atom stereocenters. The number of thiazole rings is 1. The van der Waals surface area contributed by atoms with Crippen LogP contribution in [0.3, 0.4) is 0 Å². The topological polar surface area (TPSA) is 56.7 Å². The maximum Gasteiger partial charge on any atom is 0.242 e. The Bertz CT molecular complexity index is 660. The van der Waals surface area contributed by atoms with Gasteiger partial charge in [0.2, 0.25) is 5.91 Å². The molecule has 1 heterocycles. The van der Waals surface area contributed by atoms with Crippen molar-refractivity contribution in [3.8, 4) is 0 Å². The fraction of sp³-hybridized carbons (Fsp3) is 0.412. The number of hydrogen-bond donors (Lipinski definition) is 1. The average Bonchev–Trinajstić information content (AvgIpc) is 3.23. The Balaban J connectivity index is 1.74. The van der Waals surface area contributed by atoms with Gasteiger partial charge in [-0.05, 0) is 24.0 Å². The van der Waals surface area contributed by atoms with Crippen LogP contribution in [0.5, 0.6) is 0 Å². The molecule has 0 bridgehead atoms. The second-order valence-corrected chi connectivity index (χ2v) is 6.59. The normalized spacial score (nSPS) is 16.6. The lowest BCUT2D eigenvalue weighted by Crippen LogP contribution is -2.41. The molecule has 5 nitrogen and oxygen atoms in total. The van der Waals surface area contributed by atoms with Crippen LogP contribution in [0.15, 0.2) is 35.8 Å². The number of aliphatic hydroxyl groups is 1. The number of fused-ring (bicyclic) bond motifs is 1. The van der Waals surface area contributed by atoms with Crippen molar-refractivity contribution in [1.82, 2.24) is 9.88 Å². The molecule has 0 radical (unpaired) electrons. The lowest BCUT2D eigenvalue weighted by atomic mass is 10.1. The van der Waals surface area contributed by atoms with Gasteiger partial charge in [-0.2, -0.15) is 0 Å². The summed E-state index contributed by atoms with van der Waals surface area (Å²) < 4.78 is 0. The number of likely N-dealkylation sites (N-methyl/N-ethyl adjacent to an activating group) is 1. The quantitative estimate of drug-likeness (QED) is 0.880. The zero-order chi connectivity index (χ0) is 16.2. The number of benzene rings is 1. The van der Waals surface area contributed by atoms with E-state index >= 15 is 0 Å². The molecule has 23 heavy (non-hydrogen) atoms. The van der Waals surface area contributed by atoms with Crippen molar-refractivity contribution in [2.45, 2.75) is 18.9 Å². The molecule has 2 aromatic rings. The van der Waals surface area contributed by atoms with Crippen LogP contribution in [-0.4, -0.2) is 47.6 Å². The molecule has 0 aliphatic heterocycles. The van der Waals surface area contributed by atoms with Gasteiger partial charge in [-0.15, -0.1) is 11.3 Å². The summed E-state index contributed by atoms with van der Waals surface area (Å²) in [5.74, 6) is -0.00205. The summed E-state index contributed by atoms with van der Waals surface area (Å²) in [4.78, 5) is 20.4. The fourth-order valence-corrected chi connectivity index (χ4v) is 3.78. The van der Waals surface area contributed by atoms with Gasteiger partial charge in [0.25, 0.3) is 0 Å². The van der Waals surface area contributed by atoms with Gasteiger partial charge in [-0.25, -0.2) is 4.98 Å². The number of hydrogen-bond acceptors (Lipinski definition) is 5. The van der Waals surface area contributed by atoms with Gasteiger partial charge in [0.05, 0.1) is 13.2 Å². The van der Waals surface area contributed by atoms with Crippen LogP contribution in [0.2, 0.25) is 0 Å². The molecule has 1 aliphatic rings. The maximum absolute atomic E-state index is 12.6. The van der Waals surface area contributed by atoms with E-state index in [1.807, 2.05) is 11.4 Å². The summed E-state index contributed by atoms with van der Waals surface area (Å²) >= 11 is 1.45. The van der Waals surface area contributed by atoms with Gasteiger partial charge in [0.15, 0.2) is 5.13 Å². The molecule has 3 rings (SSSR count). The monoisotopic (exact) mass is 331 g/mol. The van der Waals surface area contributed by atoms with Crippen LogP contribution in [-0.2, 0) is 11.2 Å². The van der Waals surface area contributed by atoms with Crippen LogP contribution in [0.4, 0.5) is 5.13 Å². The van der Waals surface area contributed by atoms with Gasteiger partial charge in [-0.3, -0.25) is 14.6 Å². The zero-order valence-electron chi connectivity index (χ0n) is 13.2. The summed E-state index contributed by atoms with van der Waals surface area (Å²) in [6, 6.07) is 8.58. The standard InChI is InChI=1S/C17H21N3O2S/c1-19(17-18-8-11-23-17)16(22)12-20(9-10-21)15-7-6-13-4-2-3-5-14(13)15/h2-5,8,11,15,21H,6-7,9-10,12H2,1H3. The van der Waals surface area contributed by atoms with E-state index < -0.39 is 0 Å². The van der Waals surface area contributed by atoms with Crippen molar-refractivity contribution < 1.29 is 9.90 Å². The van der Waals surface area contributed by atoms with Crippen molar-refractivity contribution in [3.05, 3.63) is 47.0 Å². The molecule has 0 spiro atoms. The Labute approximate surface area is 140 Å². The van der Waals surface area contributed by atoms with E-state index in [9.17, 15) is 9.90 Å². The first-order chi connectivity index (χ1) is 11.2. The molecule has 1 atom stereocenters. The van der Waals surface area contributed by atoms with Crippen molar-refractivity contribution in [1.29, 1.82) is 0 Å². The number of carbonyl (C=O) groups is 1. The number of aliphatic hydroxyl groups excluding tert-OH is 1. The largest absolute Gasteiger partial charge is 0.395 e. The van der Waals surface area contributed by atoms with Crippen LogP contribution in [0, 0.1) is 0 Å². The number of nitrogens with zero attached hydrogens (tertiary/aromatic N) is 3. The number of carbonyl (C=O) groups excluding carboxylic acids is 1. The summed E-state index contributed by atoms with van der Waals surface area (Å²) in [6.45, 7) is 0.832. The highest BCUT2D eigenvalue weighted by atomic mass is 32.1. The highest BCUT2D eigenvalue weighted by Gasteiger charge is 2.29. The first kappa shape index (κ1) is 16.1. The van der Waals surface area contributed by atoms with Crippen molar-refractivity contribution in [3.63, 3.8) is 0 Å². The van der Waals surface area contributed by atoms with Gasteiger partial charge >= 0.3 is 0 Å². The van der Waals surface area contributed by atoms with Crippen LogP contribution in [0.1, 0.15) is 23.6 Å². The first-order valence-electron chi connectivity index (χ1n) is 7.79. The second-order valence-electron chi connectivity index (χ2n) is 5.71. The Morgan fingerprint density at radius 1 is 1.43 bits per heavy atom. The number of aryl methyl sites for hydroxylation is 1. The van der Waals surface area contributed by atoms with E-state index in [-0.39, 0.29) is 25.1 Å². The fourth-order valence-electron chi connectivity index (χ4n) is 3.16. The summed E-state index contributed by atoms with van der Waals surface area (Å²) in [7, 11) is 1.75. The maximum atomic E-state index is 12.6. The van der Waals surface area contributed by atoms with Crippen molar-refractivity contribution in [2.24, 2.45) is 0 Å². The third-order valence-corrected chi connectivity index (χ3v) is 5.20. The second kappa shape index (κ2) is 7.21. The van der Waals surface area contributed by atoms with Crippen molar-refractivity contribution in [2.75, 3.05) is 31.6 Å². The van der Waals surface area contributed by atoms with Gasteiger partial charge in [-0.1, -0.05) is 24.3 Å². The molecule has 1 amide bonds. The Hall–Kier alpha value is -1.76. The molecule has 1 N–H and O–H groups in total. The molecular weight excluding hydrogens is 310 g/mol. The Morgan fingerprint density at radius 3 is 3.00 bits per heavy atom. The zero-order valence-corrected chi connectivity index (χ0v) is 14.0. The number of rotatable bonds is 6. The number of aromatic nitrogens is 1. The van der Waals surface area contributed by atoms with Crippen molar-refractivity contribution >= 4 is 22.4 Å². The van der Waals surface area contributed by atoms with Gasteiger partial charge in [0.1, 0.15) is 0 Å². The molecule has 0 fully saturated rings. The Morgan fingerprint density at radius 2 is 2.26 bits per heavy atom. The molecule has 0 saturated carbocycles. The van der Waals surface area contributed by atoms with E-state index in [0.717, 1.165) is 12.8 Å². The molecule has 1 aromatic carbocycles. The average molecular weight is 331 g/mol. The molecule has 1 aliphatic carbocycles. The third-order valence-electron chi connectivity index (χ3n) is 4.35. The molecule has 1 aromatic heterocycles. The van der Waals surface area contributed by atoms with Gasteiger partial charge < -0.3 is 5.11 Å². The van der Waals surface area contributed by atoms with Gasteiger partial charge in [0, 0.05) is 31.2 Å². The van der Waals surface area contributed by atoms with E-state index in [4.69, 9.17) is 0 Å². The first-order valence-corrected chi connectivity index (χ1v) is 8.67. The molecule has 0 saturated heterocycles. The van der Waals surface area contributed by atoms with Crippen LogP contribution in [0.25, 0.3) is 0 Å². The van der Waals surface area contributed by atoms with E-state index in [2.05, 4.69) is 28.1 Å².